The number of hydrogen-bond acceptors (Lipinski definition) is 0. The summed E-state index contributed by atoms with van der Waals surface area (Å²) in [6.07, 6.45) is 13.3. The van der Waals surface area contributed by atoms with E-state index in [9.17, 15) is 0 Å². The standard InChI is InChI=1S/C25H25.C9H13.C7H6.2ClH.Zr/c1-14-12-24(3,4)22-8-16-7-17-9-23-19(15(2)13-25(23,5)6)11-21(17)20(16)10-18(14)22;1-9(2,3)8-6-4-5-7-8;1-7-5-3-2-4-6-7;;;/h7-13H,1-6H3;6-7H,4H2,1-3H3;1-6H;2*1H;/q2*-1;;;;+2/p-2. The van der Waals surface area contributed by atoms with E-state index in [1.165, 1.54) is 90.3 Å². The SMILES string of the molecule is CC(C)(C)C1=CC[C-]=C1.CC1=CC(C)(C)c2cc3[cH-]c4cc5c(cc4c3cc21)C(C)=CC5(C)C.[Cl-].[Cl-].[Zr+2]=[CH]c1ccccc1. The number of rotatable bonds is 1. The molecule has 0 radical (unpaired) electrons. The molecule has 0 amide bonds. The second-order valence-corrected chi connectivity index (χ2v) is 14.9. The maximum absolute atomic E-state index is 3.16. The molecule has 0 N–H and O–H groups in total. The van der Waals surface area contributed by atoms with Gasteiger partial charge in [0.1, 0.15) is 0 Å². The molecule has 0 aromatic heterocycles. The van der Waals surface area contributed by atoms with Crippen molar-refractivity contribution in [3.05, 3.63) is 124 Å². The second-order valence-electron chi connectivity index (χ2n) is 14.2. The minimum absolute atomic E-state index is 0. The zero-order valence-electron chi connectivity index (χ0n) is 27.6. The summed E-state index contributed by atoms with van der Waals surface area (Å²) in [6, 6.07) is 22.4. The molecule has 0 spiro atoms. The van der Waals surface area contributed by atoms with Crippen LogP contribution >= 0.6 is 0 Å². The normalized spacial score (nSPS) is 16.7. The van der Waals surface area contributed by atoms with Crippen LogP contribution in [-0.2, 0) is 35.1 Å². The van der Waals surface area contributed by atoms with Crippen molar-refractivity contribution < 1.29 is 49.0 Å². The molecule has 0 unspecified atom stereocenters. The fourth-order valence-corrected chi connectivity index (χ4v) is 7.16. The van der Waals surface area contributed by atoms with Gasteiger partial charge in [-0.2, -0.15) is 11.6 Å². The molecule has 3 heteroatoms. The van der Waals surface area contributed by atoms with E-state index in [1.54, 1.807) is 0 Å². The Hall–Kier alpha value is -2.18. The Morgan fingerprint density at radius 1 is 0.773 bits per heavy atom. The van der Waals surface area contributed by atoms with Gasteiger partial charge < -0.3 is 24.8 Å². The van der Waals surface area contributed by atoms with Gasteiger partial charge in [-0.1, -0.05) is 89.3 Å². The number of allylic oxidation sites excluding steroid dienone is 8. The third-order valence-electron chi connectivity index (χ3n) is 8.90. The molecule has 3 aliphatic carbocycles. The summed E-state index contributed by atoms with van der Waals surface area (Å²) in [4.78, 5) is 0. The van der Waals surface area contributed by atoms with Crippen LogP contribution < -0.4 is 24.8 Å². The van der Waals surface area contributed by atoms with Crippen LogP contribution in [0.5, 0.6) is 0 Å². The average molecular weight is 699 g/mol. The van der Waals surface area contributed by atoms with Gasteiger partial charge in [-0.15, -0.1) is 46.2 Å². The van der Waals surface area contributed by atoms with Gasteiger partial charge in [0.05, 0.1) is 0 Å². The van der Waals surface area contributed by atoms with E-state index in [0.29, 0.717) is 5.41 Å². The Balaban J connectivity index is 0.000000231. The van der Waals surface area contributed by atoms with Crippen LogP contribution in [0.1, 0.15) is 96.6 Å². The number of halogens is 2. The third kappa shape index (κ3) is 7.28. The van der Waals surface area contributed by atoms with E-state index in [1.807, 2.05) is 6.07 Å². The average Bonchev–Trinajstić information content (AvgIpc) is 3.68. The molecule has 44 heavy (non-hydrogen) atoms. The van der Waals surface area contributed by atoms with Gasteiger partial charge in [0, 0.05) is 10.8 Å². The Morgan fingerprint density at radius 2 is 1.25 bits per heavy atom. The Kier molecular flexibility index (Phi) is 11.3. The van der Waals surface area contributed by atoms with Crippen LogP contribution in [-0.4, -0.2) is 3.71 Å². The molecule has 7 rings (SSSR count). The van der Waals surface area contributed by atoms with Crippen molar-refractivity contribution in [3.63, 3.8) is 0 Å². The van der Waals surface area contributed by atoms with Crippen molar-refractivity contribution in [2.45, 2.75) is 79.6 Å². The van der Waals surface area contributed by atoms with Crippen molar-refractivity contribution in [1.82, 2.24) is 0 Å². The predicted molar refractivity (Wildman–Crippen MR) is 182 cm³/mol. The summed E-state index contributed by atoms with van der Waals surface area (Å²) >= 11 is 1.46. The first-order valence-electron chi connectivity index (χ1n) is 15.2. The summed E-state index contributed by atoms with van der Waals surface area (Å²) in [5, 5.41) is 5.57. The van der Waals surface area contributed by atoms with Gasteiger partial charge in [-0.25, -0.2) is 6.08 Å². The topological polar surface area (TPSA) is 0 Å². The third-order valence-corrected chi connectivity index (χ3v) is 9.72. The zero-order chi connectivity index (χ0) is 30.4. The first-order chi connectivity index (χ1) is 19.7. The van der Waals surface area contributed by atoms with E-state index < -0.39 is 0 Å². The number of fused-ring (bicyclic) bond motifs is 5. The molecular weight excluding hydrogens is 655 g/mol. The van der Waals surface area contributed by atoms with Crippen LogP contribution in [0.25, 0.3) is 32.7 Å². The van der Waals surface area contributed by atoms with E-state index in [0.717, 1.165) is 6.42 Å². The number of benzene rings is 3. The van der Waals surface area contributed by atoms with Crippen LogP contribution in [0.4, 0.5) is 0 Å². The maximum atomic E-state index is 3.16. The fraction of sp³-hybridized carbons (Fsp3) is 0.317. The molecule has 4 aromatic carbocycles. The van der Waals surface area contributed by atoms with Gasteiger partial charge in [0.2, 0.25) is 0 Å². The van der Waals surface area contributed by atoms with Crippen molar-refractivity contribution >= 4 is 36.4 Å². The molecule has 0 bridgehead atoms. The molecule has 0 atom stereocenters. The predicted octanol–water partition coefficient (Wildman–Crippen LogP) is 5.21. The summed E-state index contributed by atoms with van der Waals surface area (Å²) in [6.45, 7) is 20.5. The first-order valence-corrected chi connectivity index (χ1v) is 16.6. The molecule has 0 saturated heterocycles. The van der Waals surface area contributed by atoms with Crippen LogP contribution in [0.15, 0.2) is 90.5 Å². The minimum atomic E-state index is 0. The summed E-state index contributed by atoms with van der Waals surface area (Å²) < 4.78 is 2.17. The van der Waals surface area contributed by atoms with Crippen molar-refractivity contribution in [2.75, 3.05) is 0 Å². The van der Waals surface area contributed by atoms with Crippen LogP contribution in [0, 0.1) is 11.5 Å². The fourth-order valence-electron chi connectivity index (χ4n) is 6.69. The van der Waals surface area contributed by atoms with Gasteiger partial charge in [-0.05, 0) is 36.1 Å². The molecule has 0 saturated carbocycles. The van der Waals surface area contributed by atoms with Crippen molar-refractivity contribution in [2.24, 2.45) is 5.41 Å². The zero-order valence-corrected chi connectivity index (χ0v) is 31.6. The first kappa shape index (κ1) is 36.3. The Morgan fingerprint density at radius 3 is 1.59 bits per heavy atom. The van der Waals surface area contributed by atoms with E-state index in [2.05, 4.69) is 151 Å². The van der Waals surface area contributed by atoms with Gasteiger partial charge in [0.15, 0.2) is 0 Å². The van der Waals surface area contributed by atoms with Gasteiger partial charge >= 0.3 is 63.8 Å². The molecule has 0 fully saturated rings. The summed E-state index contributed by atoms with van der Waals surface area (Å²) in [5.41, 5.74) is 12.0. The molecule has 4 aromatic rings. The second kappa shape index (κ2) is 13.7. The van der Waals surface area contributed by atoms with Gasteiger partial charge in [0.25, 0.3) is 0 Å². The summed E-state index contributed by atoms with van der Waals surface area (Å²) in [5.74, 6) is 0. The van der Waals surface area contributed by atoms with Crippen LogP contribution in [0.2, 0.25) is 0 Å². The molecule has 228 valence electrons. The molecule has 3 aliphatic rings. The molecular formula is C41H44Cl2Zr-2. The Bertz CT molecular complexity index is 1710. The quantitative estimate of drug-likeness (QED) is 0.240. The summed E-state index contributed by atoms with van der Waals surface area (Å²) in [7, 11) is 0. The molecule has 0 heterocycles. The van der Waals surface area contributed by atoms with E-state index in [-0.39, 0.29) is 35.6 Å². The van der Waals surface area contributed by atoms with Crippen LogP contribution in [0.3, 0.4) is 0 Å². The Labute approximate surface area is 292 Å². The van der Waals surface area contributed by atoms with E-state index >= 15 is 0 Å². The monoisotopic (exact) mass is 696 g/mol. The van der Waals surface area contributed by atoms with Crippen molar-refractivity contribution in [1.29, 1.82) is 0 Å². The van der Waals surface area contributed by atoms with E-state index in [4.69, 9.17) is 0 Å². The van der Waals surface area contributed by atoms with Gasteiger partial charge in [-0.3, -0.25) is 6.08 Å². The molecule has 0 nitrogen and oxygen atoms in total. The van der Waals surface area contributed by atoms with Crippen molar-refractivity contribution in [3.8, 4) is 0 Å². The number of hydrogen-bond donors (Lipinski definition) is 0. The molecule has 0 aliphatic heterocycles.